The van der Waals surface area contributed by atoms with Gasteiger partial charge in [0.05, 0.1) is 6.61 Å². The SMILES string of the molecule is CC1(C)OCC(CNc2cccc(F)n2)O1. The summed E-state index contributed by atoms with van der Waals surface area (Å²) in [7, 11) is 0. The summed E-state index contributed by atoms with van der Waals surface area (Å²) in [5.41, 5.74) is 0. The molecule has 0 spiro atoms. The first-order chi connectivity index (χ1) is 7.55. The van der Waals surface area contributed by atoms with Crippen LogP contribution >= 0.6 is 0 Å². The van der Waals surface area contributed by atoms with Crippen LogP contribution in [0.2, 0.25) is 0 Å². The molecule has 4 nitrogen and oxygen atoms in total. The van der Waals surface area contributed by atoms with Gasteiger partial charge < -0.3 is 14.8 Å². The molecule has 1 aromatic rings. The minimum atomic E-state index is -0.526. The van der Waals surface area contributed by atoms with E-state index in [1.807, 2.05) is 13.8 Å². The van der Waals surface area contributed by atoms with Crippen molar-refractivity contribution in [3.8, 4) is 0 Å². The van der Waals surface area contributed by atoms with Crippen LogP contribution in [0.25, 0.3) is 0 Å². The van der Waals surface area contributed by atoms with Gasteiger partial charge in [-0.15, -0.1) is 0 Å². The predicted molar refractivity (Wildman–Crippen MR) is 57.6 cm³/mol. The zero-order chi connectivity index (χ0) is 11.6. The maximum atomic E-state index is 12.8. The van der Waals surface area contributed by atoms with Crippen molar-refractivity contribution in [2.24, 2.45) is 0 Å². The van der Waals surface area contributed by atoms with E-state index in [0.717, 1.165) is 0 Å². The minimum Gasteiger partial charge on any atom is -0.367 e. The number of hydrogen-bond acceptors (Lipinski definition) is 4. The molecule has 5 heteroatoms. The number of nitrogens with zero attached hydrogens (tertiary/aromatic N) is 1. The number of anilines is 1. The molecule has 1 aliphatic heterocycles. The Morgan fingerprint density at radius 2 is 2.38 bits per heavy atom. The van der Waals surface area contributed by atoms with Gasteiger partial charge in [0.1, 0.15) is 11.9 Å². The Balaban J connectivity index is 1.84. The second-order valence-corrected chi connectivity index (χ2v) is 4.18. The number of halogens is 1. The van der Waals surface area contributed by atoms with Crippen LogP contribution in [-0.2, 0) is 9.47 Å². The first-order valence-corrected chi connectivity index (χ1v) is 5.23. The normalized spacial score (nSPS) is 23.3. The highest BCUT2D eigenvalue weighted by Gasteiger charge is 2.32. The third-order valence-corrected chi connectivity index (χ3v) is 2.29. The molecule has 2 heterocycles. The first kappa shape index (κ1) is 11.3. The summed E-state index contributed by atoms with van der Waals surface area (Å²) >= 11 is 0. The van der Waals surface area contributed by atoms with Crippen molar-refractivity contribution in [2.75, 3.05) is 18.5 Å². The monoisotopic (exact) mass is 226 g/mol. The van der Waals surface area contributed by atoms with Crippen molar-refractivity contribution in [3.05, 3.63) is 24.1 Å². The molecule has 0 aromatic carbocycles. The molecule has 1 aliphatic rings. The van der Waals surface area contributed by atoms with Crippen LogP contribution in [-0.4, -0.2) is 30.0 Å². The molecule has 1 N–H and O–H groups in total. The van der Waals surface area contributed by atoms with E-state index in [4.69, 9.17) is 9.47 Å². The summed E-state index contributed by atoms with van der Waals surface area (Å²) in [6, 6.07) is 4.63. The standard InChI is InChI=1S/C11H15FN2O2/c1-11(2)15-7-8(16-11)6-13-10-5-3-4-9(12)14-10/h3-5,8H,6-7H2,1-2H3,(H,13,14). The van der Waals surface area contributed by atoms with Crippen LogP contribution in [0.4, 0.5) is 10.2 Å². The van der Waals surface area contributed by atoms with Crippen LogP contribution in [0, 0.1) is 5.95 Å². The molecule has 0 aliphatic carbocycles. The van der Waals surface area contributed by atoms with Gasteiger partial charge in [-0.05, 0) is 26.0 Å². The smallest absolute Gasteiger partial charge is 0.214 e. The highest BCUT2D eigenvalue weighted by Crippen LogP contribution is 2.22. The van der Waals surface area contributed by atoms with E-state index in [1.54, 1.807) is 12.1 Å². The Labute approximate surface area is 93.8 Å². The van der Waals surface area contributed by atoms with Gasteiger partial charge in [0.2, 0.25) is 5.95 Å². The molecule has 1 saturated heterocycles. The van der Waals surface area contributed by atoms with Crippen molar-refractivity contribution in [3.63, 3.8) is 0 Å². The van der Waals surface area contributed by atoms with Crippen molar-refractivity contribution < 1.29 is 13.9 Å². The van der Waals surface area contributed by atoms with Crippen molar-refractivity contribution in [1.29, 1.82) is 0 Å². The summed E-state index contributed by atoms with van der Waals surface area (Å²) in [5, 5.41) is 3.01. The lowest BCUT2D eigenvalue weighted by atomic mass is 10.3. The molecule has 1 atom stereocenters. The van der Waals surface area contributed by atoms with Gasteiger partial charge in [-0.3, -0.25) is 0 Å². The number of pyridine rings is 1. The molecular formula is C11H15FN2O2. The Bertz CT molecular complexity index is 371. The summed E-state index contributed by atoms with van der Waals surface area (Å²) in [6.45, 7) is 4.83. The summed E-state index contributed by atoms with van der Waals surface area (Å²) in [4.78, 5) is 3.70. The van der Waals surface area contributed by atoms with Crippen LogP contribution in [0.1, 0.15) is 13.8 Å². The van der Waals surface area contributed by atoms with E-state index < -0.39 is 11.7 Å². The van der Waals surface area contributed by atoms with Gasteiger partial charge in [0, 0.05) is 6.54 Å². The summed E-state index contributed by atoms with van der Waals surface area (Å²) in [5.74, 6) is -0.510. The van der Waals surface area contributed by atoms with E-state index in [9.17, 15) is 4.39 Å². The van der Waals surface area contributed by atoms with Crippen molar-refractivity contribution in [2.45, 2.75) is 25.7 Å². The zero-order valence-corrected chi connectivity index (χ0v) is 9.37. The molecule has 0 amide bonds. The quantitative estimate of drug-likeness (QED) is 0.798. The molecule has 2 rings (SSSR count). The van der Waals surface area contributed by atoms with E-state index in [1.165, 1.54) is 6.07 Å². The molecule has 16 heavy (non-hydrogen) atoms. The number of ether oxygens (including phenoxy) is 2. The number of nitrogens with one attached hydrogen (secondary N) is 1. The summed E-state index contributed by atoms with van der Waals surface area (Å²) < 4.78 is 23.8. The molecule has 1 aromatic heterocycles. The third-order valence-electron chi connectivity index (χ3n) is 2.29. The lowest BCUT2D eigenvalue weighted by molar-refractivity contribution is -0.136. The fourth-order valence-electron chi connectivity index (χ4n) is 1.59. The molecule has 88 valence electrons. The number of aromatic nitrogens is 1. The van der Waals surface area contributed by atoms with E-state index >= 15 is 0 Å². The average Bonchev–Trinajstić information content (AvgIpc) is 2.56. The number of hydrogen-bond donors (Lipinski definition) is 1. The van der Waals surface area contributed by atoms with E-state index in [-0.39, 0.29) is 6.10 Å². The highest BCUT2D eigenvalue weighted by molar-refractivity contribution is 5.33. The highest BCUT2D eigenvalue weighted by atomic mass is 19.1. The lowest BCUT2D eigenvalue weighted by Gasteiger charge is -2.17. The Morgan fingerprint density at radius 3 is 3.00 bits per heavy atom. The summed E-state index contributed by atoms with van der Waals surface area (Å²) in [6.07, 6.45) is -0.0277. The van der Waals surface area contributed by atoms with E-state index in [0.29, 0.717) is 19.0 Å². The Morgan fingerprint density at radius 1 is 1.56 bits per heavy atom. The maximum Gasteiger partial charge on any atom is 0.214 e. The zero-order valence-electron chi connectivity index (χ0n) is 9.37. The minimum absolute atomic E-state index is 0.0277. The van der Waals surface area contributed by atoms with E-state index in [2.05, 4.69) is 10.3 Å². The van der Waals surface area contributed by atoms with Crippen LogP contribution < -0.4 is 5.32 Å². The van der Waals surface area contributed by atoms with Crippen molar-refractivity contribution >= 4 is 5.82 Å². The van der Waals surface area contributed by atoms with Gasteiger partial charge in [-0.25, -0.2) is 4.98 Å². The van der Waals surface area contributed by atoms with Gasteiger partial charge in [0.25, 0.3) is 0 Å². The van der Waals surface area contributed by atoms with Crippen LogP contribution in [0.5, 0.6) is 0 Å². The second kappa shape index (κ2) is 4.35. The fourth-order valence-corrected chi connectivity index (χ4v) is 1.59. The molecule has 1 unspecified atom stereocenters. The van der Waals surface area contributed by atoms with Gasteiger partial charge in [-0.1, -0.05) is 6.07 Å². The largest absolute Gasteiger partial charge is 0.367 e. The Kier molecular flexibility index (Phi) is 3.07. The molecular weight excluding hydrogens is 211 g/mol. The fraction of sp³-hybridized carbons (Fsp3) is 0.545. The van der Waals surface area contributed by atoms with Gasteiger partial charge in [0.15, 0.2) is 5.79 Å². The molecule has 0 radical (unpaired) electrons. The van der Waals surface area contributed by atoms with Gasteiger partial charge >= 0.3 is 0 Å². The second-order valence-electron chi connectivity index (χ2n) is 4.18. The topological polar surface area (TPSA) is 43.4 Å². The lowest BCUT2D eigenvalue weighted by Crippen LogP contribution is -2.26. The van der Waals surface area contributed by atoms with Crippen molar-refractivity contribution in [1.82, 2.24) is 4.98 Å². The number of rotatable bonds is 3. The predicted octanol–water partition coefficient (Wildman–Crippen LogP) is 1.78. The van der Waals surface area contributed by atoms with Crippen LogP contribution in [0.15, 0.2) is 18.2 Å². The van der Waals surface area contributed by atoms with Gasteiger partial charge in [-0.2, -0.15) is 4.39 Å². The maximum absolute atomic E-state index is 12.8. The first-order valence-electron chi connectivity index (χ1n) is 5.23. The van der Waals surface area contributed by atoms with Crippen LogP contribution in [0.3, 0.4) is 0 Å². The Hall–Kier alpha value is -1.20. The molecule has 0 saturated carbocycles. The average molecular weight is 226 g/mol. The molecule has 1 fully saturated rings. The third kappa shape index (κ3) is 2.90. The molecule has 0 bridgehead atoms.